The highest BCUT2D eigenvalue weighted by atomic mass is 16.5. The molecule has 0 N–H and O–H groups in total. The van der Waals surface area contributed by atoms with Gasteiger partial charge in [-0.05, 0) is 48.5 Å². The van der Waals surface area contributed by atoms with Gasteiger partial charge in [0.15, 0.2) is 0 Å². The van der Waals surface area contributed by atoms with Gasteiger partial charge in [0, 0.05) is 11.4 Å². The maximum absolute atomic E-state index is 5.95. The number of anilines is 3. The van der Waals surface area contributed by atoms with E-state index in [0.29, 0.717) is 17.4 Å². The minimum atomic E-state index is 0.133. The number of rotatable bonds is 7. The van der Waals surface area contributed by atoms with E-state index in [1.165, 1.54) is 0 Å². The van der Waals surface area contributed by atoms with Crippen molar-refractivity contribution >= 4 is 17.3 Å². The third kappa shape index (κ3) is 4.97. The first-order valence-corrected chi connectivity index (χ1v) is 10.5. The molecule has 5 aromatic rings. The third-order valence-corrected chi connectivity index (χ3v) is 4.72. The van der Waals surface area contributed by atoms with Crippen LogP contribution >= 0.6 is 0 Å². The standard InChI is InChI=1S/C27H20N4O2/c1-5-13-21(14-6-1)31(22-15-7-2-8-16-22)25-28-26(32-23-17-9-3-10-18-23)30-27(29-25)33-24-19-11-4-12-20-24/h1-20H. The molecule has 4 aromatic carbocycles. The Balaban J connectivity index is 1.62. The van der Waals surface area contributed by atoms with Crippen LogP contribution in [-0.2, 0) is 0 Å². The van der Waals surface area contributed by atoms with Gasteiger partial charge in [0.2, 0.25) is 5.95 Å². The molecule has 0 atom stereocenters. The summed E-state index contributed by atoms with van der Waals surface area (Å²) >= 11 is 0. The van der Waals surface area contributed by atoms with Crippen LogP contribution in [0.2, 0.25) is 0 Å². The maximum Gasteiger partial charge on any atom is 0.330 e. The van der Waals surface area contributed by atoms with Crippen molar-refractivity contribution in [1.29, 1.82) is 0 Å². The normalized spacial score (nSPS) is 10.4. The largest absolute Gasteiger partial charge is 0.424 e. The van der Waals surface area contributed by atoms with Gasteiger partial charge in [0.1, 0.15) is 11.5 Å². The lowest BCUT2D eigenvalue weighted by Crippen LogP contribution is -2.14. The number of hydrogen-bond donors (Lipinski definition) is 0. The molecule has 0 saturated heterocycles. The molecule has 0 aliphatic rings. The van der Waals surface area contributed by atoms with Gasteiger partial charge in [-0.1, -0.05) is 72.8 Å². The van der Waals surface area contributed by atoms with Crippen molar-refractivity contribution in [3.63, 3.8) is 0 Å². The lowest BCUT2D eigenvalue weighted by Gasteiger charge is -2.23. The average molecular weight is 432 g/mol. The number of ether oxygens (including phenoxy) is 2. The Kier molecular flexibility index (Phi) is 5.89. The molecular formula is C27H20N4O2. The quantitative estimate of drug-likeness (QED) is 0.278. The molecule has 1 aromatic heterocycles. The van der Waals surface area contributed by atoms with Gasteiger partial charge in [-0.15, -0.1) is 4.98 Å². The smallest absolute Gasteiger partial charge is 0.330 e. The molecule has 0 spiro atoms. The van der Waals surface area contributed by atoms with E-state index in [4.69, 9.17) is 9.47 Å². The molecule has 5 rings (SSSR count). The number of hydrogen-bond acceptors (Lipinski definition) is 6. The highest BCUT2D eigenvalue weighted by Crippen LogP contribution is 2.34. The molecule has 1 heterocycles. The third-order valence-electron chi connectivity index (χ3n) is 4.72. The Bertz CT molecular complexity index is 1200. The first-order valence-electron chi connectivity index (χ1n) is 10.5. The fourth-order valence-electron chi connectivity index (χ4n) is 3.24. The van der Waals surface area contributed by atoms with Gasteiger partial charge in [-0.25, -0.2) is 0 Å². The summed E-state index contributed by atoms with van der Waals surface area (Å²) in [5, 5.41) is 0. The first kappa shape index (κ1) is 20.2. The van der Waals surface area contributed by atoms with Crippen LogP contribution < -0.4 is 14.4 Å². The van der Waals surface area contributed by atoms with E-state index in [1.807, 2.05) is 126 Å². The van der Waals surface area contributed by atoms with Crippen LogP contribution in [-0.4, -0.2) is 15.0 Å². The van der Waals surface area contributed by atoms with Gasteiger partial charge in [0.05, 0.1) is 0 Å². The Morgan fingerprint density at radius 2 is 0.788 bits per heavy atom. The van der Waals surface area contributed by atoms with E-state index >= 15 is 0 Å². The predicted molar refractivity (Wildman–Crippen MR) is 128 cm³/mol. The van der Waals surface area contributed by atoms with E-state index in [1.54, 1.807) is 0 Å². The van der Waals surface area contributed by atoms with Gasteiger partial charge in [-0.3, -0.25) is 4.90 Å². The molecule has 0 radical (unpaired) electrons. The second-order valence-corrected chi connectivity index (χ2v) is 7.04. The zero-order valence-electron chi connectivity index (χ0n) is 17.7. The van der Waals surface area contributed by atoms with Crippen molar-refractivity contribution in [2.24, 2.45) is 0 Å². The summed E-state index contributed by atoms with van der Waals surface area (Å²) in [5.74, 6) is 1.61. The summed E-state index contributed by atoms with van der Waals surface area (Å²) in [6, 6.07) is 38.8. The van der Waals surface area contributed by atoms with E-state index in [-0.39, 0.29) is 12.0 Å². The molecule has 0 saturated carbocycles. The van der Waals surface area contributed by atoms with Crippen molar-refractivity contribution in [2.45, 2.75) is 0 Å². The van der Waals surface area contributed by atoms with E-state index in [0.717, 1.165) is 11.4 Å². The highest BCUT2D eigenvalue weighted by Gasteiger charge is 2.19. The van der Waals surface area contributed by atoms with Crippen molar-refractivity contribution in [2.75, 3.05) is 4.90 Å². The average Bonchev–Trinajstić information content (AvgIpc) is 2.87. The summed E-state index contributed by atoms with van der Waals surface area (Å²) in [7, 11) is 0. The molecule has 33 heavy (non-hydrogen) atoms. The van der Waals surface area contributed by atoms with Crippen LogP contribution in [0, 0.1) is 0 Å². The summed E-state index contributed by atoms with van der Waals surface area (Å²) in [6.45, 7) is 0. The Morgan fingerprint density at radius 1 is 0.424 bits per heavy atom. The number of aromatic nitrogens is 3. The monoisotopic (exact) mass is 432 g/mol. The predicted octanol–water partition coefficient (Wildman–Crippen LogP) is 6.93. The zero-order chi connectivity index (χ0) is 22.3. The van der Waals surface area contributed by atoms with Crippen molar-refractivity contribution in [3.05, 3.63) is 121 Å². The molecule has 6 nitrogen and oxygen atoms in total. The molecular weight excluding hydrogens is 412 g/mol. The zero-order valence-corrected chi connectivity index (χ0v) is 17.7. The van der Waals surface area contributed by atoms with Crippen LogP contribution in [0.1, 0.15) is 0 Å². The number of benzene rings is 4. The van der Waals surface area contributed by atoms with Crippen molar-refractivity contribution in [3.8, 4) is 23.5 Å². The van der Waals surface area contributed by atoms with Crippen molar-refractivity contribution < 1.29 is 9.47 Å². The topological polar surface area (TPSA) is 60.4 Å². The summed E-state index contributed by atoms with van der Waals surface area (Å²) < 4.78 is 11.9. The molecule has 0 bridgehead atoms. The van der Waals surface area contributed by atoms with Crippen LogP contribution in [0.4, 0.5) is 17.3 Å². The van der Waals surface area contributed by atoms with Gasteiger partial charge in [0.25, 0.3) is 0 Å². The Hall–Kier alpha value is -4.71. The lowest BCUT2D eigenvalue weighted by atomic mass is 10.2. The van der Waals surface area contributed by atoms with E-state index < -0.39 is 0 Å². The number of nitrogens with zero attached hydrogens (tertiary/aromatic N) is 4. The van der Waals surface area contributed by atoms with Crippen molar-refractivity contribution in [1.82, 2.24) is 15.0 Å². The first-order chi connectivity index (χ1) is 16.3. The summed E-state index contributed by atoms with van der Waals surface area (Å²) in [4.78, 5) is 15.6. The van der Waals surface area contributed by atoms with Crippen LogP contribution in [0.15, 0.2) is 121 Å². The Morgan fingerprint density at radius 3 is 1.18 bits per heavy atom. The van der Waals surface area contributed by atoms with E-state index in [9.17, 15) is 0 Å². The summed E-state index contributed by atoms with van der Waals surface area (Å²) in [6.07, 6.45) is 0. The van der Waals surface area contributed by atoms with Gasteiger partial charge < -0.3 is 9.47 Å². The number of para-hydroxylation sites is 4. The molecule has 6 heteroatoms. The molecule has 0 fully saturated rings. The van der Waals surface area contributed by atoms with Gasteiger partial charge >= 0.3 is 12.0 Å². The molecule has 0 unspecified atom stereocenters. The SMILES string of the molecule is c1ccc(Oc2nc(Oc3ccccc3)nc(N(c3ccccc3)c3ccccc3)n2)cc1. The molecule has 0 aliphatic carbocycles. The lowest BCUT2D eigenvalue weighted by molar-refractivity contribution is 0.398. The van der Waals surface area contributed by atoms with Crippen LogP contribution in [0.25, 0.3) is 0 Å². The Labute approximate surface area is 191 Å². The molecule has 160 valence electrons. The second kappa shape index (κ2) is 9.62. The second-order valence-electron chi connectivity index (χ2n) is 7.04. The minimum Gasteiger partial charge on any atom is -0.424 e. The van der Waals surface area contributed by atoms with E-state index in [2.05, 4.69) is 15.0 Å². The fraction of sp³-hybridized carbons (Fsp3) is 0. The highest BCUT2D eigenvalue weighted by molar-refractivity contribution is 5.72. The maximum atomic E-state index is 5.95. The van der Waals surface area contributed by atoms with Crippen LogP contribution in [0.3, 0.4) is 0 Å². The fourth-order valence-corrected chi connectivity index (χ4v) is 3.24. The molecule has 0 amide bonds. The minimum absolute atomic E-state index is 0.133. The molecule has 0 aliphatic heterocycles. The summed E-state index contributed by atoms with van der Waals surface area (Å²) in [5.41, 5.74) is 1.79. The van der Waals surface area contributed by atoms with Crippen LogP contribution in [0.5, 0.6) is 23.5 Å². The van der Waals surface area contributed by atoms with Gasteiger partial charge in [-0.2, -0.15) is 9.97 Å².